The lowest BCUT2D eigenvalue weighted by atomic mass is 10.0. The molecule has 4 nitrogen and oxygen atoms in total. The van der Waals surface area contributed by atoms with E-state index in [1.54, 1.807) is 0 Å². The molecular formula is C12H20N2O2. The van der Waals surface area contributed by atoms with Crippen LogP contribution in [0.15, 0.2) is 0 Å². The molecule has 0 aliphatic heterocycles. The van der Waals surface area contributed by atoms with Gasteiger partial charge in [-0.25, -0.2) is 0 Å². The Morgan fingerprint density at radius 2 is 1.69 bits per heavy atom. The highest BCUT2D eigenvalue weighted by atomic mass is 16.2. The van der Waals surface area contributed by atoms with Crippen LogP contribution in [-0.2, 0) is 9.59 Å². The number of carbonyl (C=O) groups is 2. The van der Waals surface area contributed by atoms with Crippen molar-refractivity contribution in [2.24, 2.45) is 5.41 Å². The second kappa shape index (κ2) is 3.47. The Hall–Kier alpha value is -1.06. The summed E-state index contributed by atoms with van der Waals surface area (Å²) in [4.78, 5) is 23.9. The Bertz CT molecular complexity index is 322. The average molecular weight is 224 g/mol. The van der Waals surface area contributed by atoms with Crippen LogP contribution < -0.4 is 10.6 Å². The first-order chi connectivity index (χ1) is 7.33. The number of hydrogen-bond donors (Lipinski definition) is 2. The molecule has 0 unspecified atom stereocenters. The minimum absolute atomic E-state index is 0.0725. The third-order valence-electron chi connectivity index (χ3n) is 3.02. The Kier molecular flexibility index (Phi) is 2.48. The van der Waals surface area contributed by atoms with E-state index in [-0.39, 0.29) is 17.4 Å². The van der Waals surface area contributed by atoms with E-state index in [2.05, 4.69) is 10.6 Å². The predicted molar refractivity (Wildman–Crippen MR) is 60.7 cm³/mol. The highest BCUT2D eigenvalue weighted by Gasteiger charge is 2.57. The first-order valence-electron chi connectivity index (χ1n) is 5.97. The van der Waals surface area contributed by atoms with Crippen molar-refractivity contribution in [1.29, 1.82) is 0 Å². The lowest BCUT2D eigenvalue weighted by Gasteiger charge is -2.24. The van der Waals surface area contributed by atoms with E-state index >= 15 is 0 Å². The van der Waals surface area contributed by atoms with Crippen molar-refractivity contribution in [2.75, 3.05) is 0 Å². The number of nitrogens with one attached hydrogen (secondary N) is 2. The van der Waals surface area contributed by atoms with Gasteiger partial charge in [0.15, 0.2) is 0 Å². The van der Waals surface area contributed by atoms with Crippen LogP contribution in [0.2, 0.25) is 0 Å². The highest BCUT2D eigenvalue weighted by Crippen LogP contribution is 2.47. The van der Waals surface area contributed by atoms with Gasteiger partial charge in [-0.1, -0.05) is 0 Å². The molecule has 0 aromatic heterocycles. The Balaban J connectivity index is 1.95. The van der Waals surface area contributed by atoms with Crippen molar-refractivity contribution in [1.82, 2.24) is 10.6 Å². The fourth-order valence-corrected chi connectivity index (χ4v) is 1.69. The maximum Gasteiger partial charge on any atom is 0.236 e. The minimum atomic E-state index is -0.754. The van der Waals surface area contributed by atoms with Crippen LogP contribution in [0.1, 0.15) is 46.5 Å². The molecule has 0 saturated heterocycles. The fraction of sp³-hybridized carbons (Fsp3) is 0.833. The normalized spacial score (nSPS) is 22.4. The monoisotopic (exact) mass is 224 g/mol. The van der Waals surface area contributed by atoms with E-state index < -0.39 is 5.41 Å². The second-order valence-electron chi connectivity index (χ2n) is 6.03. The van der Waals surface area contributed by atoms with Gasteiger partial charge in [-0.15, -0.1) is 0 Å². The number of hydrogen-bond acceptors (Lipinski definition) is 2. The fourth-order valence-electron chi connectivity index (χ4n) is 1.69. The molecule has 0 heterocycles. The van der Waals surface area contributed by atoms with E-state index in [0.717, 1.165) is 12.8 Å². The van der Waals surface area contributed by atoms with Gasteiger partial charge in [-0.2, -0.15) is 0 Å². The predicted octanol–water partition coefficient (Wildman–Crippen LogP) is 0.960. The lowest BCUT2D eigenvalue weighted by molar-refractivity contribution is -0.138. The van der Waals surface area contributed by atoms with Gasteiger partial charge in [0.2, 0.25) is 11.8 Å². The largest absolute Gasteiger partial charge is 0.352 e. The Morgan fingerprint density at radius 1 is 1.12 bits per heavy atom. The van der Waals surface area contributed by atoms with Crippen molar-refractivity contribution in [3.8, 4) is 0 Å². The van der Waals surface area contributed by atoms with E-state index in [1.807, 2.05) is 20.8 Å². The molecule has 16 heavy (non-hydrogen) atoms. The minimum Gasteiger partial charge on any atom is -0.352 e. The SMILES string of the molecule is CC(C)(C)NC(=O)C1(C(=O)NC2CC2)CC1. The van der Waals surface area contributed by atoms with Crippen molar-refractivity contribution < 1.29 is 9.59 Å². The third kappa shape index (κ3) is 2.36. The maximum absolute atomic E-state index is 12.0. The topological polar surface area (TPSA) is 58.2 Å². The van der Waals surface area contributed by atoms with Crippen LogP contribution >= 0.6 is 0 Å². The Morgan fingerprint density at radius 3 is 2.06 bits per heavy atom. The number of amides is 2. The zero-order chi connectivity index (χ0) is 12.0. The molecule has 0 spiro atoms. The molecule has 0 atom stereocenters. The summed E-state index contributed by atoms with van der Waals surface area (Å²) >= 11 is 0. The molecule has 2 fully saturated rings. The number of carbonyl (C=O) groups excluding carboxylic acids is 2. The molecule has 2 amide bonds. The van der Waals surface area contributed by atoms with Crippen LogP contribution in [0.4, 0.5) is 0 Å². The third-order valence-corrected chi connectivity index (χ3v) is 3.02. The molecule has 90 valence electrons. The van der Waals surface area contributed by atoms with Crippen molar-refractivity contribution in [2.45, 2.75) is 58.0 Å². The van der Waals surface area contributed by atoms with Gasteiger partial charge in [0.1, 0.15) is 5.41 Å². The van der Waals surface area contributed by atoms with Gasteiger partial charge in [0.25, 0.3) is 0 Å². The summed E-state index contributed by atoms with van der Waals surface area (Å²) < 4.78 is 0. The summed E-state index contributed by atoms with van der Waals surface area (Å²) in [7, 11) is 0. The lowest BCUT2D eigenvalue weighted by Crippen LogP contribution is -2.49. The molecule has 2 rings (SSSR count). The van der Waals surface area contributed by atoms with E-state index in [9.17, 15) is 9.59 Å². The second-order valence-corrected chi connectivity index (χ2v) is 6.03. The van der Waals surface area contributed by atoms with Crippen LogP contribution in [0.5, 0.6) is 0 Å². The van der Waals surface area contributed by atoms with Crippen molar-refractivity contribution >= 4 is 11.8 Å². The molecule has 2 N–H and O–H groups in total. The molecular weight excluding hydrogens is 204 g/mol. The Labute approximate surface area is 96.2 Å². The zero-order valence-electron chi connectivity index (χ0n) is 10.2. The molecule has 0 bridgehead atoms. The molecule has 4 heteroatoms. The smallest absolute Gasteiger partial charge is 0.236 e. The van der Waals surface area contributed by atoms with Crippen LogP contribution in [-0.4, -0.2) is 23.4 Å². The quantitative estimate of drug-likeness (QED) is 0.701. The molecule has 2 aliphatic rings. The zero-order valence-corrected chi connectivity index (χ0v) is 10.2. The standard InChI is InChI=1S/C12H20N2O2/c1-11(2,3)14-10(16)12(6-7-12)9(15)13-8-4-5-8/h8H,4-7H2,1-3H3,(H,13,15)(H,14,16). The van der Waals surface area contributed by atoms with Gasteiger partial charge in [-0.3, -0.25) is 9.59 Å². The number of rotatable bonds is 3. The van der Waals surface area contributed by atoms with Crippen LogP contribution in [0.25, 0.3) is 0 Å². The summed E-state index contributed by atoms with van der Waals surface area (Å²) in [5, 5.41) is 5.82. The van der Waals surface area contributed by atoms with Crippen LogP contribution in [0.3, 0.4) is 0 Å². The molecule has 0 aromatic carbocycles. The van der Waals surface area contributed by atoms with Crippen molar-refractivity contribution in [3.63, 3.8) is 0 Å². The first-order valence-corrected chi connectivity index (χ1v) is 5.97. The highest BCUT2D eigenvalue weighted by molar-refractivity contribution is 6.08. The molecule has 0 radical (unpaired) electrons. The summed E-state index contributed by atoms with van der Waals surface area (Å²) in [5.41, 5.74) is -1.03. The van der Waals surface area contributed by atoms with Gasteiger partial charge >= 0.3 is 0 Å². The van der Waals surface area contributed by atoms with Gasteiger partial charge < -0.3 is 10.6 Å². The van der Waals surface area contributed by atoms with Gasteiger partial charge in [0.05, 0.1) is 0 Å². The summed E-state index contributed by atoms with van der Waals surface area (Å²) in [6.07, 6.45) is 3.49. The molecule has 2 aliphatic carbocycles. The first kappa shape index (κ1) is 11.4. The maximum atomic E-state index is 12.0. The van der Waals surface area contributed by atoms with E-state index in [4.69, 9.17) is 0 Å². The van der Waals surface area contributed by atoms with Gasteiger partial charge in [0, 0.05) is 11.6 Å². The molecule has 2 saturated carbocycles. The van der Waals surface area contributed by atoms with Crippen molar-refractivity contribution in [3.05, 3.63) is 0 Å². The summed E-state index contributed by atoms with van der Waals surface area (Å²) in [6, 6.07) is 0.326. The van der Waals surface area contributed by atoms with E-state index in [1.165, 1.54) is 0 Å². The average Bonchev–Trinajstić information content (AvgIpc) is 2.96. The van der Waals surface area contributed by atoms with Gasteiger partial charge in [-0.05, 0) is 46.5 Å². The summed E-state index contributed by atoms with van der Waals surface area (Å²) in [6.45, 7) is 5.79. The van der Waals surface area contributed by atoms with Crippen LogP contribution in [0, 0.1) is 5.41 Å². The summed E-state index contributed by atoms with van der Waals surface area (Å²) in [5.74, 6) is -0.185. The molecule has 0 aromatic rings. The van der Waals surface area contributed by atoms with E-state index in [0.29, 0.717) is 18.9 Å².